The minimum absolute atomic E-state index is 0.0998. The maximum absolute atomic E-state index is 7.27. The van der Waals surface area contributed by atoms with E-state index in [2.05, 4.69) is 293 Å². The molecule has 0 amide bonds. The van der Waals surface area contributed by atoms with Gasteiger partial charge in [0.25, 0.3) is 0 Å². The fourth-order valence-electron chi connectivity index (χ4n) is 13.9. The van der Waals surface area contributed by atoms with Gasteiger partial charge in [-0.1, -0.05) is 235 Å². The van der Waals surface area contributed by atoms with Gasteiger partial charge in [0.05, 0.1) is 27.7 Å². The van der Waals surface area contributed by atoms with Gasteiger partial charge in [0.15, 0.2) is 0 Å². The largest absolute Gasteiger partial charge is 0.457 e. The lowest BCUT2D eigenvalue weighted by Crippen LogP contribution is -2.38. The Morgan fingerprint density at radius 1 is 0.402 bits per heavy atom. The van der Waals surface area contributed by atoms with Crippen molar-refractivity contribution >= 4 is 32.7 Å². The maximum Gasteiger partial charge on any atom is 0.137 e. The lowest BCUT2D eigenvalue weighted by Gasteiger charge is -2.44. The monoisotopic (exact) mass is 1070 g/mol. The molecule has 2 aliphatic rings. The third-order valence-corrected chi connectivity index (χ3v) is 17.8. The van der Waals surface area contributed by atoms with Crippen LogP contribution in [0.2, 0.25) is 0 Å². The van der Waals surface area contributed by atoms with Crippen molar-refractivity contribution in [2.45, 2.75) is 110 Å². The van der Waals surface area contributed by atoms with Crippen LogP contribution < -0.4 is 4.74 Å². The summed E-state index contributed by atoms with van der Waals surface area (Å²) in [6, 6.07) is 74.5. The summed E-state index contributed by atoms with van der Waals surface area (Å²) in [5.74, 6) is 2.39. The molecule has 12 aromatic rings. The fourth-order valence-corrected chi connectivity index (χ4v) is 13.9. The first-order valence-corrected chi connectivity index (χ1v) is 29.3. The Kier molecular flexibility index (Phi) is 11.4. The summed E-state index contributed by atoms with van der Waals surface area (Å²) in [6.45, 7) is 28.8. The molecule has 4 heteroatoms. The zero-order valence-corrected chi connectivity index (χ0v) is 49.5. The number of para-hydroxylation sites is 2. The molecular formula is C78H71N3O. The van der Waals surface area contributed by atoms with E-state index in [1.807, 2.05) is 12.3 Å². The summed E-state index contributed by atoms with van der Waals surface area (Å²) >= 11 is 0. The van der Waals surface area contributed by atoms with Gasteiger partial charge in [-0.15, -0.1) is 0 Å². The minimum atomic E-state index is -0.745. The van der Waals surface area contributed by atoms with E-state index in [0.29, 0.717) is 0 Å². The Morgan fingerprint density at radius 3 is 1.52 bits per heavy atom. The predicted molar refractivity (Wildman–Crippen MR) is 344 cm³/mol. The molecule has 14 rings (SSSR count). The van der Waals surface area contributed by atoms with Crippen LogP contribution in [0.5, 0.6) is 11.5 Å². The van der Waals surface area contributed by atoms with Crippen molar-refractivity contribution in [2.24, 2.45) is 0 Å². The molecule has 0 atom stereocenters. The van der Waals surface area contributed by atoms with Gasteiger partial charge >= 0.3 is 0 Å². The van der Waals surface area contributed by atoms with Gasteiger partial charge in [-0.3, -0.25) is 4.57 Å². The second kappa shape index (κ2) is 18.1. The van der Waals surface area contributed by atoms with Gasteiger partial charge in [-0.25, -0.2) is 4.98 Å². The normalized spacial score (nSPS) is 13.7. The number of benzene rings is 9. The maximum atomic E-state index is 7.27. The quantitative estimate of drug-likeness (QED) is 0.166. The van der Waals surface area contributed by atoms with Crippen molar-refractivity contribution in [3.8, 4) is 67.5 Å². The molecule has 3 aromatic heterocycles. The lowest BCUT2D eigenvalue weighted by molar-refractivity contribution is 0.482. The number of aromatic nitrogens is 3. The van der Waals surface area contributed by atoms with E-state index >= 15 is 0 Å². The fraction of sp³-hybridized carbons (Fsp3) is 0.218. The first-order chi connectivity index (χ1) is 39.2. The average Bonchev–Trinajstić information content (AvgIpc) is 1.51. The van der Waals surface area contributed by atoms with E-state index in [1.165, 1.54) is 105 Å². The second-order valence-corrected chi connectivity index (χ2v) is 27.2. The topological polar surface area (TPSA) is 32.0 Å². The molecule has 1 aliphatic carbocycles. The molecular weight excluding hydrogens is 995 g/mol. The highest BCUT2D eigenvalue weighted by Crippen LogP contribution is 2.66. The Balaban J connectivity index is 1.12. The number of hydrogen-bond donors (Lipinski definition) is 0. The Bertz CT molecular complexity index is 4410. The number of rotatable bonds is 6. The highest BCUT2D eigenvalue weighted by atomic mass is 16.5. The minimum Gasteiger partial charge on any atom is -0.457 e. The molecule has 0 saturated carbocycles. The van der Waals surface area contributed by atoms with Crippen LogP contribution in [-0.4, -0.2) is 14.1 Å². The Labute approximate surface area is 483 Å². The molecule has 0 saturated heterocycles. The highest BCUT2D eigenvalue weighted by Gasteiger charge is 2.55. The van der Waals surface area contributed by atoms with E-state index in [0.717, 1.165) is 39.4 Å². The van der Waals surface area contributed by atoms with Gasteiger partial charge in [0.1, 0.15) is 17.3 Å². The lowest BCUT2D eigenvalue weighted by atomic mass is 9.60. The van der Waals surface area contributed by atoms with E-state index in [9.17, 15) is 0 Å². The summed E-state index contributed by atoms with van der Waals surface area (Å²) in [4.78, 5) is 4.85. The van der Waals surface area contributed by atoms with Crippen molar-refractivity contribution in [1.29, 1.82) is 0 Å². The van der Waals surface area contributed by atoms with Crippen LogP contribution in [0, 0.1) is 0 Å². The van der Waals surface area contributed by atoms with E-state index < -0.39 is 5.41 Å². The van der Waals surface area contributed by atoms with E-state index in [4.69, 9.17) is 9.72 Å². The summed E-state index contributed by atoms with van der Waals surface area (Å²) in [5.41, 5.74) is 23.7. The summed E-state index contributed by atoms with van der Waals surface area (Å²) in [6.07, 6.45) is 4.32. The SMILES string of the molecule is CC(C)(C)c1cc2c(c(C(C)(C)C)c1)C1(c3ccc(Oc4ccc5c6ccccc6n(-c6ccccn6)c5c4)cc3-n3cc(-c4c(-c5ccccc5)cccc4-c4ccccc4)c4cccc1c43)c1c-2cc(C(C)(C)C)cc1C(C)(C)C. The molecule has 9 aromatic carbocycles. The molecule has 0 fully saturated rings. The van der Waals surface area contributed by atoms with E-state index in [-0.39, 0.29) is 21.7 Å². The molecule has 1 aliphatic heterocycles. The van der Waals surface area contributed by atoms with Crippen molar-refractivity contribution in [3.63, 3.8) is 0 Å². The zero-order valence-electron chi connectivity index (χ0n) is 49.5. The number of ether oxygens (including phenoxy) is 1. The molecule has 0 radical (unpaired) electrons. The van der Waals surface area contributed by atoms with Crippen molar-refractivity contribution < 1.29 is 4.74 Å². The molecule has 0 N–H and O–H groups in total. The van der Waals surface area contributed by atoms with E-state index in [1.54, 1.807) is 0 Å². The van der Waals surface area contributed by atoms with Crippen LogP contribution >= 0.6 is 0 Å². The van der Waals surface area contributed by atoms with Crippen molar-refractivity contribution in [3.05, 3.63) is 257 Å². The number of fused-ring (bicyclic) bond motifs is 12. The van der Waals surface area contributed by atoms with Crippen LogP contribution in [0.3, 0.4) is 0 Å². The molecule has 4 nitrogen and oxygen atoms in total. The molecule has 0 bridgehead atoms. The van der Waals surface area contributed by atoms with Crippen LogP contribution in [0.4, 0.5) is 0 Å². The molecule has 404 valence electrons. The zero-order chi connectivity index (χ0) is 56.8. The summed E-state index contributed by atoms with van der Waals surface area (Å²) in [5, 5.41) is 3.54. The summed E-state index contributed by atoms with van der Waals surface area (Å²) < 4.78 is 12.1. The third-order valence-electron chi connectivity index (χ3n) is 17.8. The van der Waals surface area contributed by atoms with Gasteiger partial charge in [0.2, 0.25) is 0 Å². The standard InChI is InChI=1S/C78H71N3O/c1-74(2,3)50-41-59-60-42-51(75(4,5)6)44-65(77(10,11)12)72(60)78(71(59)64(43-50)76(7,8)9)62-39-37-53(82-52-36-38-57-56-29-19-20-34-66(56)81(67(57)45-52)69-35-21-22-40-79-69)46-68(62)80-47-61(58-32-24-33-63(78)73(58)80)70-54(48-25-15-13-16-26-48)30-23-31-55(70)49-27-17-14-18-28-49/h13-47H,1-12H3. The van der Waals surface area contributed by atoms with Gasteiger partial charge in [-0.2, -0.15) is 0 Å². The molecule has 82 heavy (non-hydrogen) atoms. The van der Waals surface area contributed by atoms with Gasteiger partial charge < -0.3 is 9.30 Å². The van der Waals surface area contributed by atoms with Crippen LogP contribution in [0.15, 0.2) is 213 Å². The number of pyridine rings is 1. The smallest absolute Gasteiger partial charge is 0.137 e. The predicted octanol–water partition coefficient (Wildman–Crippen LogP) is 20.8. The van der Waals surface area contributed by atoms with Crippen molar-refractivity contribution in [2.75, 3.05) is 0 Å². The Morgan fingerprint density at radius 2 is 0.939 bits per heavy atom. The molecule has 4 heterocycles. The molecule has 1 spiro atoms. The van der Waals surface area contributed by atoms with Crippen molar-refractivity contribution in [1.82, 2.24) is 14.1 Å². The van der Waals surface area contributed by atoms with Crippen LogP contribution in [-0.2, 0) is 27.1 Å². The number of nitrogens with zero attached hydrogens (tertiary/aromatic N) is 3. The van der Waals surface area contributed by atoms with Gasteiger partial charge in [-0.05, 0) is 142 Å². The van der Waals surface area contributed by atoms with Crippen LogP contribution in [0.25, 0.3) is 88.7 Å². The second-order valence-electron chi connectivity index (χ2n) is 27.2. The number of hydrogen-bond acceptors (Lipinski definition) is 2. The first kappa shape index (κ1) is 51.4. The first-order valence-electron chi connectivity index (χ1n) is 29.3. The third kappa shape index (κ3) is 7.81. The average molecular weight is 1070 g/mol. The van der Waals surface area contributed by atoms with Gasteiger partial charge in [0, 0.05) is 46.2 Å². The Hall–Kier alpha value is -8.73. The van der Waals surface area contributed by atoms with Crippen LogP contribution in [0.1, 0.15) is 128 Å². The summed E-state index contributed by atoms with van der Waals surface area (Å²) in [7, 11) is 0. The molecule has 0 unspecified atom stereocenters. The highest BCUT2D eigenvalue weighted by molar-refractivity contribution is 6.11.